The number of hydrogen-bond donors (Lipinski definition) is 1. The Labute approximate surface area is 85.9 Å². The van der Waals surface area contributed by atoms with Crippen LogP contribution in [-0.4, -0.2) is 24.5 Å². The van der Waals surface area contributed by atoms with E-state index in [-0.39, 0.29) is 6.04 Å². The van der Waals surface area contributed by atoms with E-state index in [2.05, 4.69) is 25.8 Å². The monoisotopic (exact) mass is 196 g/mol. The number of nitrogens with two attached hydrogens (primary N) is 1. The summed E-state index contributed by atoms with van der Waals surface area (Å²) in [6, 6.07) is 4.60. The van der Waals surface area contributed by atoms with Crippen molar-refractivity contribution in [1.29, 1.82) is 0 Å². The second kappa shape index (κ2) is 5.17. The maximum absolute atomic E-state index is 5.76. The minimum absolute atomic E-state index is 0.194. The molecular formula is C11H20N2O. The van der Waals surface area contributed by atoms with Gasteiger partial charge in [0.1, 0.15) is 5.76 Å². The van der Waals surface area contributed by atoms with Crippen molar-refractivity contribution in [2.24, 2.45) is 5.73 Å². The lowest BCUT2D eigenvalue weighted by Gasteiger charge is -2.30. The van der Waals surface area contributed by atoms with Gasteiger partial charge in [-0.3, -0.25) is 4.90 Å². The molecule has 0 fully saturated rings. The topological polar surface area (TPSA) is 42.4 Å². The summed E-state index contributed by atoms with van der Waals surface area (Å²) in [5.74, 6) is 0.954. The van der Waals surface area contributed by atoms with Gasteiger partial charge < -0.3 is 10.2 Å². The van der Waals surface area contributed by atoms with E-state index in [1.54, 1.807) is 6.26 Å². The lowest BCUT2D eigenvalue weighted by Crippen LogP contribution is -2.36. The second-order valence-corrected chi connectivity index (χ2v) is 3.69. The SMILES string of the molecule is CCC(C)N(C)C(CN)c1ccco1. The second-order valence-electron chi connectivity index (χ2n) is 3.69. The third-order valence-electron chi connectivity index (χ3n) is 2.87. The molecule has 0 aliphatic carbocycles. The van der Waals surface area contributed by atoms with Crippen LogP contribution in [0, 0.1) is 0 Å². The molecule has 0 bridgehead atoms. The highest BCUT2D eigenvalue weighted by Crippen LogP contribution is 2.21. The summed E-state index contributed by atoms with van der Waals surface area (Å²) in [4.78, 5) is 2.26. The van der Waals surface area contributed by atoms with Crippen molar-refractivity contribution in [3.8, 4) is 0 Å². The Morgan fingerprint density at radius 2 is 2.29 bits per heavy atom. The molecule has 0 saturated heterocycles. The minimum atomic E-state index is 0.194. The third-order valence-corrected chi connectivity index (χ3v) is 2.87. The smallest absolute Gasteiger partial charge is 0.122 e. The van der Waals surface area contributed by atoms with Crippen molar-refractivity contribution in [2.75, 3.05) is 13.6 Å². The number of likely N-dealkylation sites (N-methyl/N-ethyl adjacent to an activating group) is 1. The zero-order valence-electron chi connectivity index (χ0n) is 9.23. The van der Waals surface area contributed by atoms with E-state index in [1.807, 2.05) is 12.1 Å². The Bertz CT molecular complexity index is 246. The largest absolute Gasteiger partial charge is 0.468 e. The average Bonchev–Trinajstić information content (AvgIpc) is 2.71. The van der Waals surface area contributed by atoms with Crippen LogP contribution in [0.1, 0.15) is 32.1 Å². The summed E-state index contributed by atoms with van der Waals surface area (Å²) in [5, 5.41) is 0. The quantitative estimate of drug-likeness (QED) is 0.783. The van der Waals surface area contributed by atoms with Crippen LogP contribution in [0.3, 0.4) is 0 Å². The molecule has 0 spiro atoms. The van der Waals surface area contributed by atoms with Gasteiger partial charge in [0.25, 0.3) is 0 Å². The molecule has 1 aromatic heterocycles. The van der Waals surface area contributed by atoms with Gasteiger partial charge >= 0.3 is 0 Å². The molecule has 0 radical (unpaired) electrons. The maximum atomic E-state index is 5.76. The molecule has 2 N–H and O–H groups in total. The van der Waals surface area contributed by atoms with E-state index in [4.69, 9.17) is 10.2 Å². The van der Waals surface area contributed by atoms with Crippen LogP contribution in [0.5, 0.6) is 0 Å². The van der Waals surface area contributed by atoms with Crippen LogP contribution in [0.2, 0.25) is 0 Å². The Hall–Kier alpha value is -0.800. The summed E-state index contributed by atoms with van der Waals surface area (Å²) in [6.07, 6.45) is 2.82. The first-order chi connectivity index (χ1) is 6.70. The summed E-state index contributed by atoms with van der Waals surface area (Å²) in [5.41, 5.74) is 5.76. The summed E-state index contributed by atoms with van der Waals surface area (Å²) < 4.78 is 5.38. The molecule has 2 atom stereocenters. The molecule has 0 aliphatic heterocycles. The minimum Gasteiger partial charge on any atom is -0.468 e. The van der Waals surface area contributed by atoms with E-state index in [0.717, 1.165) is 12.2 Å². The first kappa shape index (κ1) is 11.3. The first-order valence-electron chi connectivity index (χ1n) is 5.16. The van der Waals surface area contributed by atoms with E-state index >= 15 is 0 Å². The first-order valence-corrected chi connectivity index (χ1v) is 5.16. The molecule has 1 rings (SSSR count). The average molecular weight is 196 g/mol. The Morgan fingerprint density at radius 1 is 1.57 bits per heavy atom. The predicted octanol–water partition coefficient (Wildman–Crippen LogP) is 2.01. The van der Waals surface area contributed by atoms with Crippen molar-refractivity contribution < 1.29 is 4.42 Å². The van der Waals surface area contributed by atoms with Crippen LogP contribution >= 0.6 is 0 Å². The molecule has 2 unspecified atom stereocenters. The van der Waals surface area contributed by atoms with E-state index in [1.165, 1.54) is 0 Å². The van der Waals surface area contributed by atoms with Crippen molar-refractivity contribution in [3.63, 3.8) is 0 Å². The molecule has 0 amide bonds. The van der Waals surface area contributed by atoms with E-state index < -0.39 is 0 Å². The molecule has 3 heteroatoms. The van der Waals surface area contributed by atoms with Crippen molar-refractivity contribution in [1.82, 2.24) is 4.90 Å². The number of hydrogen-bond acceptors (Lipinski definition) is 3. The van der Waals surface area contributed by atoms with Crippen molar-refractivity contribution >= 4 is 0 Å². The maximum Gasteiger partial charge on any atom is 0.122 e. The molecule has 3 nitrogen and oxygen atoms in total. The fraction of sp³-hybridized carbons (Fsp3) is 0.636. The van der Waals surface area contributed by atoms with Gasteiger partial charge in [0.2, 0.25) is 0 Å². The van der Waals surface area contributed by atoms with Gasteiger partial charge in [-0.1, -0.05) is 6.92 Å². The Balaban J connectivity index is 2.72. The number of rotatable bonds is 5. The molecule has 0 aromatic carbocycles. The Morgan fingerprint density at radius 3 is 2.71 bits per heavy atom. The molecule has 0 aliphatic rings. The van der Waals surface area contributed by atoms with Gasteiger partial charge in [-0.2, -0.15) is 0 Å². The molecule has 1 aromatic rings. The van der Waals surface area contributed by atoms with E-state index in [0.29, 0.717) is 12.6 Å². The fourth-order valence-electron chi connectivity index (χ4n) is 1.56. The normalized spacial score (nSPS) is 15.8. The summed E-state index contributed by atoms with van der Waals surface area (Å²) in [7, 11) is 2.09. The molecule has 80 valence electrons. The standard InChI is InChI=1S/C11H20N2O/c1-4-9(2)13(3)10(8-12)11-6-5-7-14-11/h5-7,9-10H,4,8,12H2,1-3H3. The van der Waals surface area contributed by atoms with Gasteiger partial charge in [0.15, 0.2) is 0 Å². The number of nitrogens with zero attached hydrogens (tertiary/aromatic N) is 1. The zero-order valence-corrected chi connectivity index (χ0v) is 9.23. The van der Waals surface area contributed by atoms with Crippen LogP contribution in [0.25, 0.3) is 0 Å². The molecule has 1 heterocycles. The summed E-state index contributed by atoms with van der Waals surface area (Å²) >= 11 is 0. The van der Waals surface area contributed by atoms with Gasteiger partial charge in [-0.15, -0.1) is 0 Å². The summed E-state index contributed by atoms with van der Waals surface area (Å²) in [6.45, 7) is 4.97. The molecular weight excluding hydrogens is 176 g/mol. The lowest BCUT2D eigenvalue weighted by atomic mass is 10.1. The van der Waals surface area contributed by atoms with Gasteiger partial charge in [0, 0.05) is 12.6 Å². The molecule has 0 saturated carbocycles. The molecule has 14 heavy (non-hydrogen) atoms. The van der Waals surface area contributed by atoms with Crippen molar-refractivity contribution in [2.45, 2.75) is 32.4 Å². The highest BCUT2D eigenvalue weighted by Gasteiger charge is 2.21. The third kappa shape index (κ3) is 2.36. The van der Waals surface area contributed by atoms with Crippen LogP contribution in [-0.2, 0) is 0 Å². The Kier molecular flexibility index (Phi) is 4.17. The van der Waals surface area contributed by atoms with E-state index in [9.17, 15) is 0 Å². The highest BCUT2D eigenvalue weighted by atomic mass is 16.3. The van der Waals surface area contributed by atoms with Gasteiger partial charge in [-0.25, -0.2) is 0 Å². The zero-order chi connectivity index (χ0) is 10.6. The van der Waals surface area contributed by atoms with Crippen LogP contribution in [0.4, 0.5) is 0 Å². The van der Waals surface area contributed by atoms with Crippen LogP contribution < -0.4 is 5.73 Å². The van der Waals surface area contributed by atoms with Crippen molar-refractivity contribution in [3.05, 3.63) is 24.2 Å². The number of furan rings is 1. The fourth-order valence-corrected chi connectivity index (χ4v) is 1.56. The van der Waals surface area contributed by atoms with Gasteiger partial charge in [-0.05, 0) is 32.5 Å². The lowest BCUT2D eigenvalue weighted by molar-refractivity contribution is 0.164. The predicted molar refractivity (Wildman–Crippen MR) is 58.0 cm³/mol. The highest BCUT2D eigenvalue weighted by molar-refractivity contribution is 5.05. The van der Waals surface area contributed by atoms with Gasteiger partial charge in [0.05, 0.1) is 12.3 Å². The van der Waals surface area contributed by atoms with Crippen LogP contribution in [0.15, 0.2) is 22.8 Å².